The Hall–Kier alpha value is -4.06. The third-order valence-electron chi connectivity index (χ3n) is 4.44. The minimum absolute atomic E-state index is 0.469. The number of pyridine rings is 3. The summed E-state index contributed by atoms with van der Waals surface area (Å²) in [4.78, 5) is 28.6. The summed E-state index contributed by atoms with van der Waals surface area (Å²) in [6.07, 6.45) is 13.4. The summed E-state index contributed by atoms with van der Waals surface area (Å²) in [7, 11) is 0. The Morgan fingerprint density at radius 3 is 1.67 bits per heavy atom. The summed E-state index contributed by atoms with van der Waals surface area (Å²) in [5.41, 5.74) is 16.7. The second-order valence-electron chi connectivity index (χ2n) is 6.69. The molecule has 0 atom stereocenters. The van der Waals surface area contributed by atoms with E-state index in [1.165, 1.54) is 12.7 Å². The van der Waals surface area contributed by atoms with E-state index in [9.17, 15) is 0 Å². The van der Waals surface area contributed by atoms with Gasteiger partial charge in [0.1, 0.15) is 24.3 Å². The zero-order valence-electron chi connectivity index (χ0n) is 17.2. The average molecular weight is 547 g/mol. The van der Waals surface area contributed by atoms with Gasteiger partial charge in [-0.15, -0.1) is 0 Å². The summed E-state index contributed by atoms with van der Waals surface area (Å²) in [5.74, 6) is 0.973. The predicted octanol–water partition coefficient (Wildman–Crippen LogP) is 3.91. The Morgan fingerprint density at radius 2 is 1.06 bits per heavy atom. The fourth-order valence-electron chi connectivity index (χ4n) is 2.96. The molecule has 0 radical (unpaired) electrons. The summed E-state index contributed by atoms with van der Waals surface area (Å²) in [6.45, 7) is 0. The molecule has 0 aliphatic carbocycles. The van der Waals surface area contributed by atoms with E-state index in [0.29, 0.717) is 11.6 Å². The molecule has 0 aromatic carbocycles. The van der Waals surface area contributed by atoms with Crippen LogP contribution in [0.1, 0.15) is 0 Å². The lowest BCUT2D eigenvalue weighted by Crippen LogP contribution is -1.96. The van der Waals surface area contributed by atoms with Gasteiger partial charge in [0.05, 0.1) is 11.4 Å². The van der Waals surface area contributed by atoms with Crippen LogP contribution in [0, 0.1) is 3.57 Å². The van der Waals surface area contributed by atoms with E-state index >= 15 is 0 Å². The first-order valence-electron chi connectivity index (χ1n) is 9.71. The maximum atomic E-state index is 5.78. The van der Waals surface area contributed by atoms with Crippen LogP contribution >= 0.6 is 22.6 Å². The normalized spacial score (nSPS) is 10.2. The first-order chi connectivity index (χ1) is 16.1. The highest BCUT2D eigenvalue weighted by molar-refractivity contribution is 14.1. The molecular weight excluding hydrogens is 529 g/mol. The largest absolute Gasteiger partial charge is 0.384 e. The van der Waals surface area contributed by atoms with Crippen LogP contribution in [0.15, 0.2) is 86.2 Å². The molecule has 5 aromatic heterocycles. The maximum absolute atomic E-state index is 5.78. The number of nitrogens with zero attached hydrogens (tertiary/aromatic N) is 7. The van der Waals surface area contributed by atoms with Crippen LogP contribution in [0.3, 0.4) is 0 Å². The van der Waals surface area contributed by atoms with Crippen LogP contribution in [0.2, 0.25) is 0 Å². The number of anilines is 2. The fraction of sp³-hybridized carbons (Fsp3) is 0. The SMILES string of the molecule is Nc1ccc(-c2ccncc2)c(-c2cncnc2)n1.Nc1ccc(I)c(-c2cncnc2)n1. The van der Waals surface area contributed by atoms with Crippen LogP contribution in [0.5, 0.6) is 0 Å². The minimum atomic E-state index is 0.469. The lowest BCUT2D eigenvalue weighted by atomic mass is 10.0. The molecule has 33 heavy (non-hydrogen) atoms. The van der Waals surface area contributed by atoms with Crippen LogP contribution < -0.4 is 11.5 Å². The van der Waals surface area contributed by atoms with Gasteiger partial charge < -0.3 is 11.5 Å². The van der Waals surface area contributed by atoms with Gasteiger partial charge in [-0.2, -0.15) is 0 Å². The van der Waals surface area contributed by atoms with Crippen molar-refractivity contribution in [1.29, 1.82) is 0 Å². The fourth-order valence-corrected chi connectivity index (χ4v) is 3.57. The van der Waals surface area contributed by atoms with Crippen molar-refractivity contribution in [2.24, 2.45) is 0 Å². The molecule has 0 spiro atoms. The number of aromatic nitrogens is 7. The topological polar surface area (TPSA) is 142 Å². The molecular formula is C23H18IN9. The Morgan fingerprint density at radius 1 is 0.545 bits per heavy atom. The van der Waals surface area contributed by atoms with E-state index in [1.54, 1.807) is 49.3 Å². The number of nitrogens with two attached hydrogens (primary N) is 2. The van der Waals surface area contributed by atoms with Crippen molar-refractivity contribution in [2.45, 2.75) is 0 Å². The average Bonchev–Trinajstić information content (AvgIpc) is 2.87. The van der Waals surface area contributed by atoms with Crippen LogP contribution in [-0.4, -0.2) is 34.9 Å². The molecule has 9 nitrogen and oxygen atoms in total. The summed E-state index contributed by atoms with van der Waals surface area (Å²) in [5, 5.41) is 0. The van der Waals surface area contributed by atoms with E-state index < -0.39 is 0 Å². The molecule has 0 saturated carbocycles. The summed E-state index contributed by atoms with van der Waals surface area (Å²) in [6, 6.07) is 11.3. The van der Waals surface area contributed by atoms with E-state index in [-0.39, 0.29) is 0 Å². The molecule has 10 heteroatoms. The van der Waals surface area contributed by atoms with Gasteiger partial charge in [0, 0.05) is 57.4 Å². The smallest absolute Gasteiger partial charge is 0.124 e. The zero-order chi connectivity index (χ0) is 23.0. The lowest BCUT2D eigenvalue weighted by molar-refractivity contribution is 1.16. The second-order valence-corrected chi connectivity index (χ2v) is 7.85. The van der Waals surface area contributed by atoms with Gasteiger partial charge in [-0.25, -0.2) is 29.9 Å². The lowest BCUT2D eigenvalue weighted by Gasteiger charge is -2.09. The van der Waals surface area contributed by atoms with Gasteiger partial charge >= 0.3 is 0 Å². The van der Waals surface area contributed by atoms with E-state index in [1.807, 2.05) is 24.3 Å². The van der Waals surface area contributed by atoms with Crippen molar-refractivity contribution < 1.29 is 0 Å². The van der Waals surface area contributed by atoms with Gasteiger partial charge in [-0.05, 0) is 64.6 Å². The molecule has 5 rings (SSSR count). The van der Waals surface area contributed by atoms with Gasteiger partial charge in [0.25, 0.3) is 0 Å². The van der Waals surface area contributed by atoms with Crippen molar-refractivity contribution in [3.8, 4) is 33.6 Å². The highest BCUT2D eigenvalue weighted by Crippen LogP contribution is 2.30. The molecule has 5 heterocycles. The van der Waals surface area contributed by atoms with Crippen molar-refractivity contribution in [3.63, 3.8) is 0 Å². The monoisotopic (exact) mass is 547 g/mol. The minimum Gasteiger partial charge on any atom is -0.384 e. The van der Waals surface area contributed by atoms with E-state index in [2.05, 4.69) is 57.5 Å². The highest BCUT2D eigenvalue weighted by Gasteiger charge is 2.10. The highest BCUT2D eigenvalue weighted by atomic mass is 127. The number of rotatable bonds is 3. The molecule has 0 bridgehead atoms. The first kappa shape index (κ1) is 22.1. The second kappa shape index (κ2) is 10.5. The molecule has 0 aliphatic heterocycles. The van der Waals surface area contributed by atoms with Gasteiger partial charge in [0.2, 0.25) is 0 Å². The van der Waals surface area contributed by atoms with Gasteiger partial charge in [0.15, 0.2) is 0 Å². The molecule has 0 amide bonds. The van der Waals surface area contributed by atoms with Crippen molar-refractivity contribution in [1.82, 2.24) is 34.9 Å². The third kappa shape index (κ3) is 5.60. The maximum Gasteiger partial charge on any atom is 0.124 e. The molecule has 4 N–H and O–H groups in total. The van der Waals surface area contributed by atoms with Crippen LogP contribution in [-0.2, 0) is 0 Å². The Labute approximate surface area is 203 Å². The Bertz CT molecular complexity index is 1330. The molecule has 5 aromatic rings. The van der Waals surface area contributed by atoms with E-state index in [0.717, 1.165) is 37.2 Å². The van der Waals surface area contributed by atoms with Crippen molar-refractivity contribution in [2.75, 3.05) is 11.5 Å². The zero-order valence-corrected chi connectivity index (χ0v) is 19.4. The number of hydrogen-bond acceptors (Lipinski definition) is 9. The molecule has 0 fully saturated rings. The molecule has 162 valence electrons. The van der Waals surface area contributed by atoms with Crippen LogP contribution in [0.25, 0.3) is 33.6 Å². The quantitative estimate of drug-likeness (QED) is 0.322. The van der Waals surface area contributed by atoms with E-state index in [4.69, 9.17) is 11.5 Å². The van der Waals surface area contributed by atoms with Crippen LogP contribution in [0.4, 0.5) is 11.6 Å². The third-order valence-corrected chi connectivity index (χ3v) is 5.31. The number of hydrogen-bond donors (Lipinski definition) is 2. The standard InChI is InChI=1S/C14H11N5.C9H7IN4/c15-13-2-1-12(10-3-5-16-6-4-10)14(19-13)11-7-17-9-18-8-11;10-7-1-2-8(11)14-9(7)6-3-12-5-13-4-6/h1-9H,(H2,15,19);1-5H,(H2,11,14). The Kier molecular flexibility index (Phi) is 7.05. The summed E-state index contributed by atoms with van der Waals surface area (Å²) >= 11 is 2.21. The predicted molar refractivity (Wildman–Crippen MR) is 135 cm³/mol. The Balaban J connectivity index is 0.000000165. The first-order valence-corrected chi connectivity index (χ1v) is 10.8. The van der Waals surface area contributed by atoms with Gasteiger partial charge in [-0.1, -0.05) is 0 Å². The molecule has 0 unspecified atom stereocenters. The molecule has 0 saturated heterocycles. The number of nitrogen functional groups attached to an aromatic ring is 2. The summed E-state index contributed by atoms with van der Waals surface area (Å²) < 4.78 is 1.03. The van der Waals surface area contributed by atoms with Crippen molar-refractivity contribution >= 4 is 34.2 Å². The van der Waals surface area contributed by atoms with Gasteiger partial charge in [-0.3, -0.25) is 4.98 Å². The molecule has 0 aliphatic rings. The number of halogens is 1. The van der Waals surface area contributed by atoms with Crippen molar-refractivity contribution in [3.05, 3.63) is 89.8 Å².